The molecule has 1 aromatic carbocycles. The Labute approximate surface area is 90.5 Å². The van der Waals surface area contributed by atoms with Gasteiger partial charge in [0.05, 0.1) is 0 Å². The van der Waals surface area contributed by atoms with E-state index in [0.29, 0.717) is 13.0 Å². The van der Waals surface area contributed by atoms with Crippen molar-refractivity contribution in [2.24, 2.45) is 11.7 Å². The zero-order valence-corrected chi connectivity index (χ0v) is 9.12. The van der Waals surface area contributed by atoms with Crippen LogP contribution in [-0.2, 0) is 12.8 Å². The van der Waals surface area contributed by atoms with E-state index in [0.717, 1.165) is 24.3 Å². The molecule has 0 bridgehead atoms. The van der Waals surface area contributed by atoms with E-state index in [-0.39, 0.29) is 5.78 Å². The standard InChI is InChI=1S/C13H17NO/c1-9-6-10-2-3-11(8-12(10)7-9)13(15)4-5-14/h2-3,8-9H,4-7,14H2,1H3. The molecule has 0 spiro atoms. The number of ketones is 1. The second-order valence-corrected chi connectivity index (χ2v) is 4.46. The highest BCUT2D eigenvalue weighted by molar-refractivity contribution is 5.96. The molecule has 0 aromatic heterocycles. The largest absolute Gasteiger partial charge is 0.330 e. The zero-order valence-electron chi connectivity index (χ0n) is 9.12. The Morgan fingerprint density at radius 2 is 2.13 bits per heavy atom. The van der Waals surface area contributed by atoms with Crippen LogP contribution in [0.15, 0.2) is 18.2 Å². The van der Waals surface area contributed by atoms with Crippen molar-refractivity contribution in [3.8, 4) is 0 Å². The van der Waals surface area contributed by atoms with Crippen molar-refractivity contribution in [2.75, 3.05) is 6.54 Å². The van der Waals surface area contributed by atoms with Gasteiger partial charge >= 0.3 is 0 Å². The molecule has 1 atom stereocenters. The summed E-state index contributed by atoms with van der Waals surface area (Å²) in [6.45, 7) is 2.69. The average molecular weight is 203 g/mol. The molecular weight excluding hydrogens is 186 g/mol. The maximum absolute atomic E-state index is 11.6. The Kier molecular flexibility index (Phi) is 2.87. The van der Waals surface area contributed by atoms with E-state index in [2.05, 4.69) is 19.1 Å². The average Bonchev–Trinajstić information content (AvgIpc) is 2.57. The van der Waals surface area contributed by atoms with Crippen LogP contribution in [0.1, 0.15) is 34.8 Å². The molecule has 1 aliphatic carbocycles. The van der Waals surface area contributed by atoms with Crippen LogP contribution in [0.25, 0.3) is 0 Å². The second kappa shape index (κ2) is 4.15. The molecule has 0 heterocycles. The molecule has 0 fully saturated rings. The minimum absolute atomic E-state index is 0.167. The van der Waals surface area contributed by atoms with Crippen LogP contribution in [0.2, 0.25) is 0 Å². The first-order valence-corrected chi connectivity index (χ1v) is 5.55. The van der Waals surface area contributed by atoms with E-state index in [1.807, 2.05) is 6.07 Å². The molecule has 2 N–H and O–H groups in total. The third-order valence-electron chi connectivity index (χ3n) is 3.04. The predicted molar refractivity (Wildman–Crippen MR) is 61.0 cm³/mol. The third kappa shape index (κ3) is 2.10. The highest BCUT2D eigenvalue weighted by atomic mass is 16.1. The van der Waals surface area contributed by atoms with Crippen LogP contribution in [0.3, 0.4) is 0 Å². The highest BCUT2D eigenvalue weighted by Gasteiger charge is 2.18. The Morgan fingerprint density at radius 3 is 2.87 bits per heavy atom. The number of benzene rings is 1. The molecule has 1 aromatic rings. The molecule has 2 heteroatoms. The molecule has 1 aliphatic rings. The van der Waals surface area contributed by atoms with Crippen molar-refractivity contribution in [3.63, 3.8) is 0 Å². The number of carbonyl (C=O) groups is 1. The molecule has 1 unspecified atom stereocenters. The van der Waals surface area contributed by atoms with E-state index in [1.54, 1.807) is 0 Å². The number of carbonyl (C=O) groups excluding carboxylic acids is 1. The molecule has 0 saturated heterocycles. The normalized spacial score (nSPS) is 18.9. The van der Waals surface area contributed by atoms with E-state index in [4.69, 9.17) is 5.73 Å². The van der Waals surface area contributed by atoms with Gasteiger partial charge in [0, 0.05) is 12.0 Å². The van der Waals surface area contributed by atoms with Crippen molar-refractivity contribution in [2.45, 2.75) is 26.2 Å². The van der Waals surface area contributed by atoms with Crippen LogP contribution < -0.4 is 5.73 Å². The maximum Gasteiger partial charge on any atom is 0.164 e. The summed E-state index contributed by atoms with van der Waals surface area (Å²) in [5.74, 6) is 0.889. The Hall–Kier alpha value is -1.15. The molecule has 15 heavy (non-hydrogen) atoms. The summed E-state index contributed by atoms with van der Waals surface area (Å²) in [6, 6.07) is 6.09. The number of hydrogen-bond acceptors (Lipinski definition) is 2. The molecule has 80 valence electrons. The van der Waals surface area contributed by atoms with Crippen LogP contribution in [0.5, 0.6) is 0 Å². The second-order valence-electron chi connectivity index (χ2n) is 4.46. The van der Waals surface area contributed by atoms with Crippen molar-refractivity contribution >= 4 is 5.78 Å². The zero-order chi connectivity index (χ0) is 10.8. The van der Waals surface area contributed by atoms with Crippen molar-refractivity contribution < 1.29 is 4.79 Å². The van der Waals surface area contributed by atoms with E-state index >= 15 is 0 Å². The number of rotatable bonds is 3. The lowest BCUT2D eigenvalue weighted by Crippen LogP contribution is -2.08. The smallest absolute Gasteiger partial charge is 0.164 e. The van der Waals surface area contributed by atoms with Crippen LogP contribution in [-0.4, -0.2) is 12.3 Å². The molecule has 2 rings (SSSR count). The summed E-state index contributed by atoms with van der Waals surface area (Å²) in [7, 11) is 0. The van der Waals surface area contributed by atoms with Gasteiger partial charge in [-0.2, -0.15) is 0 Å². The van der Waals surface area contributed by atoms with E-state index in [9.17, 15) is 4.79 Å². The fourth-order valence-electron chi connectivity index (χ4n) is 2.29. The Bertz CT molecular complexity index is 384. The predicted octanol–water partition coefficient (Wildman–Crippen LogP) is 1.95. The minimum Gasteiger partial charge on any atom is -0.330 e. The molecule has 0 saturated carbocycles. The monoisotopic (exact) mass is 203 g/mol. The first-order valence-electron chi connectivity index (χ1n) is 5.55. The number of hydrogen-bond donors (Lipinski definition) is 1. The lowest BCUT2D eigenvalue weighted by molar-refractivity contribution is 0.0985. The maximum atomic E-state index is 11.6. The Morgan fingerprint density at radius 1 is 1.40 bits per heavy atom. The van der Waals surface area contributed by atoms with Crippen molar-refractivity contribution in [1.82, 2.24) is 0 Å². The summed E-state index contributed by atoms with van der Waals surface area (Å²) >= 11 is 0. The van der Waals surface area contributed by atoms with Crippen molar-refractivity contribution in [3.05, 3.63) is 34.9 Å². The summed E-state index contributed by atoms with van der Waals surface area (Å²) in [5, 5.41) is 0. The molecule has 2 nitrogen and oxygen atoms in total. The Balaban J connectivity index is 2.23. The quantitative estimate of drug-likeness (QED) is 0.763. The van der Waals surface area contributed by atoms with E-state index in [1.165, 1.54) is 11.1 Å². The molecular formula is C13H17NO. The van der Waals surface area contributed by atoms with Gasteiger partial charge in [0.15, 0.2) is 5.78 Å². The summed E-state index contributed by atoms with van der Waals surface area (Å²) in [5.41, 5.74) is 8.97. The van der Waals surface area contributed by atoms with Crippen LogP contribution in [0, 0.1) is 5.92 Å². The highest BCUT2D eigenvalue weighted by Crippen LogP contribution is 2.27. The first kappa shape index (κ1) is 10.4. The molecule has 0 radical (unpaired) electrons. The summed E-state index contributed by atoms with van der Waals surface area (Å²) < 4.78 is 0. The van der Waals surface area contributed by atoms with Crippen LogP contribution in [0.4, 0.5) is 0 Å². The number of fused-ring (bicyclic) bond motifs is 1. The molecule has 0 aliphatic heterocycles. The van der Waals surface area contributed by atoms with Gasteiger partial charge in [-0.05, 0) is 42.5 Å². The fourth-order valence-corrected chi connectivity index (χ4v) is 2.29. The van der Waals surface area contributed by atoms with Gasteiger partial charge in [0.2, 0.25) is 0 Å². The minimum atomic E-state index is 0.167. The SMILES string of the molecule is CC1Cc2ccc(C(=O)CCN)cc2C1. The van der Waals surface area contributed by atoms with Gasteiger partial charge in [-0.1, -0.05) is 19.1 Å². The molecule has 0 amide bonds. The summed E-state index contributed by atoms with van der Waals surface area (Å²) in [6.07, 6.45) is 2.72. The fraction of sp³-hybridized carbons (Fsp3) is 0.462. The number of Topliss-reactive ketones (excluding diaryl/α,β-unsaturated/α-hetero) is 1. The van der Waals surface area contributed by atoms with Crippen molar-refractivity contribution in [1.29, 1.82) is 0 Å². The van der Waals surface area contributed by atoms with Gasteiger partial charge in [-0.25, -0.2) is 0 Å². The van der Waals surface area contributed by atoms with Gasteiger partial charge in [-0.3, -0.25) is 4.79 Å². The van der Waals surface area contributed by atoms with Gasteiger partial charge in [0.25, 0.3) is 0 Å². The van der Waals surface area contributed by atoms with Crippen LogP contribution >= 0.6 is 0 Å². The van der Waals surface area contributed by atoms with Gasteiger partial charge in [-0.15, -0.1) is 0 Å². The number of nitrogens with two attached hydrogens (primary N) is 1. The topological polar surface area (TPSA) is 43.1 Å². The van der Waals surface area contributed by atoms with Gasteiger partial charge in [0.1, 0.15) is 0 Å². The van der Waals surface area contributed by atoms with Gasteiger partial charge < -0.3 is 5.73 Å². The first-order chi connectivity index (χ1) is 7.20. The lowest BCUT2D eigenvalue weighted by atomic mass is 10.0. The van der Waals surface area contributed by atoms with E-state index < -0.39 is 0 Å². The lowest BCUT2D eigenvalue weighted by Gasteiger charge is -2.03. The summed E-state index contributed by atoms with van der Waals surface area (Å²) in [4.78, 5) is 11.6. The third-order valence-corrected chi connectivity index (χ3v) is 3.04.